The van der Waals surface area contributed by atoms with E-state index in [-0.39, 0.29) is 18.4 Å². The molecule has 1 aromatic carbocycles. The number of hydrogen-bond donors (Lipinski definition) is 1. The summed E-state index contributed by atoms with van der Waals surface area (Å²) in [5.74, 6) is 1.24. The zero-order valence-electron chi connectivity index (χ0n) is 14.3. The Kier molecular flexibility index (Phi) is 4.61. The maximum absolute atomic E-state index is 12.6. The zero-order chi connectivity index (χ0) is 17.2. The van der Waals surface area contributed by atoms with Gasteiger partial charge in [0, 0.05) is 37.2 Å². The summed E-state index contributed by atoms with van der Waals surface area (Å²) in [6, 6.07) is 5.97. The molecule has 134 valence electrons. The number of ether oxygens (including phenoxy) is 2. The highest BCUT2D eigenvalue weighted by Gasteiger charge is 2.34. The second-order valence-corrected chi connectivity index (χ2v) is 7.16. The lowest BCUT2D eigenvalue weighted by molar-refractivity contribution is -0.134. The van der Waals surface area contributed by atoms with E-state index in [1.54, 1.807) is 0 Å². The minimum atomic E-state index is 0.0484. The lowest BCUT2D eigenvalue weighted by atomic mass is 10.0. The fraction of sp³-hybridized carbons (Fsp3) is 0.579. The summed E-state index contributed by atoms with van der Waals surface area (Å²) >= 11 is 0. The first-order chi connectivity index (χ1) is 12.2. The predicted molar refractivity (Wildman–Crippen MR) is 92.5 cm³/mol. The molecule has 2 heterocycles. The summed E-state index contributed by atoms with van der Waals surface area (Å²) in [6.45, 7) is 2.41. The van der Waals surface area contributed by atoms with Gasteiger partial charge in [0.1, 0.15) is 5.75 Å². The number of aryl methyl sites for hydroxylation is 1. The largest absolute Gasteiger partial charge is 0.484 e. The van der Waals surface area contributed by atoms with E-state index in [2.05, 4.69) is 5.32 Å². The number of carbonyl (C=O) groups is 2. The van der Waals surface area contributed by atoms with E-state index in [4.69, 9.17) is 9.47 Å². The smallest absolute Gasteiger partial charge is 0.260 e. The number of benzene rings is 1. The molecule has 0 radical (unpaired) electrons. The number of nitrogens with zero attached hydrogens (tertiary/aromatic N) is 1. The van der Waals surface area contributed by atoms with Crippen molar-refractivity contribution in [2.45, 2.75) is 38.1 Å². The molecular weight excluding hydrogens is 320 g/mol. The van der Waals surface area contributed by atoms with Crippen molar-refractivity contribution in [2.75, 3.05) is 31.7 Å². The molecular formula is C19H24N2O4. The molecule has 2 aliphatic heterocycles. The Balaban J connectivity index is 1.35. The SMILES string of the molecule is O=C1CCc2cc(OCC(=O)N(C[C@H]3CCOC3)C3CC3)ccc2N1. The van der Waals surface area contributed by atoms with Crippen molar-refractivity contribution in [2.24, 2.45) is 5.92 Å². The normalized spacial score (nSPS) is 22.2. The van der Waals surface area contributed by atoms with Crippen molar-refractivity contribution in [1.29, 1.82) is 0 Å². The minimum absolute atomic E-state index is 0.0484. The van der Waals surface area contributed by atoms with Gasteiger partial charge >= 0.3 is 0 Å². The van der Waals surface area contributed by atoms with Gasteiger partial charge in [-0.2, -0.15) is 0 Å². The molecule has 4 rings (SSSR count). The van der Waals surface area contributed by atoms with E-state index >= 15 is 0 Å². The molecule has 0 unspecified atom stereocenters. The van der Waals surface area contributed by atoms with Crippen molar-refractivity contribution < 1.29 is 19.1 Å². The minimum Gasteiger partial charge on any atom is -0.484 e. The summed E-state index contributed by atoms with van der Waals surface area (Å²) in [5, 5.41) is 2.85. The summed E-state index contributed by atoms with van der Waals surface area (Å²) in [4.78, 5) is 26.0. The fourth-order valence-electron chi connectivity index (χ4n) is 3.52. The molecule has 1 saturated carbocycles. The van der Waals surface area contributed by atoms with Crippen LogP contribution >= 0.6 is 0 Å². The maximum atomic E-state index is 12.6. The monoisotopic (exact) mass is 344 g/mol. The van der Waals surface area contributed by atoms with Crippen molar-refractivity contribution in [1.82, 2.24) is 4.90 Å². The van der Waals surface area contributed by atoms with Crippen LogP contribution in [0.4, 0.5) is 5.69 Å². The van der Waals surface area contributed by atoms with Gasteiger partial charge in [0.2, 0.25) is 5.91 Å². The summed E-state index contributed by atoms with van der Waals surface area (Å²) in [6.07, 6.45) is 4.43. The number of rotatable bonds is 6. The molecule has 25 heavy (non-hydrogen) atoms. The molecule has 2 amide bonds. The van der Waals surface area contributed by atoms with Gasteiger partial charge in [0.25, 0.3) is 5.91 Å². The molecule has 1 N–H and O–H groups in total. The predicted octanol–water partition coefficient (Wildman–Crippen LogP) is 1.98. The average molecular weight is 344 g/mol. The molecule has 2 fully saturated rings. The number of carbonyl (C=O) groups excluding carboxylic acids is 2. The number of fused-ring (bicyclic) bond motifs is 1. The van der Waals surface area contributed by atoms with Crippen molar-refractivity contribution in [3.8, 4) is 5.75 Å². The third-order valence-corrected chi connectivity index (χ3v) is 5.12. The molecule has 0 aromatic heterocycles. The Hall–Kier alpha value is -2.08. The van der Waals surface area contributed by atoms with Crippen molar-refractivity contribution in [3.63, 3.8) is 0 Å². The standard InChI is InChI=1S/C19H24N2O4/c22-18-6-1-14-9-16(4-5-17(14)20-18)25-12-19(23)21(15-2-3-15)10-13-7-8-24-11-13/h4-5,9,13,15H,1-3,6-8,10-12H2,(H,20,22)/t13-/m1/s1. The van der Waals surface area contributed by atoms with E-state index in [0.717, 1.165) is 50.3 Å². The molecule has 1 saturated heterocycles. The molecule has 0 spiro atoms. The van der Waals surface area contributed by atoms with Gasteiger partial charge in [0.05, 0.1) is 6.61 Å². The van der Waals surface area contributed by atoms with E-state index in [1.807, 2.05) is 23.1 Å². The van der Waals surface area contributed by atoms with E-state index in [1.165, 1.54) is 0 Å². The summed E-state index contributed by atoms with van der Waals surface area (Å²) < 4.78 is 11.2. The van der Waals surface area contributed by atoms with E-state index in [9.17, 15) is 9.59 Å². The maximum Gasteiger partial charge on any atom is 0.260 e. The van der Waals surface area contributed by atoms with Gasteiger partial charge < -0.3 is 19.7 Å². The van der Waals surface area contributed by atoms with Crippen LogP contribution in [0.5, 0.6) is 5.75 Å². The van der Waals surface area contributed by atoms with E-state index in [0.29, 0.717) is 30.6 Å². The van der Waals surface area contributed by atoms with Gasteiger partial charge in [-0.25, -0.2) is 0 Å². The van der Waals surface area contributed by atoms with Crippen LogP contribution in [0.15, 0.2) is 18.2 Å². The zero-order valence-corrected chi connectivity index (χ0v) is 14.3. The second kappa shape index (κ2) is 7.04. The van der Waals surface area contributed by atoms with Crippen LogP contribution in [0.25, 0.3) is 0 Å². The third-order valence-electron chi connectivity index (χ3n) is 5.12. The highest BCUT2D eigenvalue weighted by Crippen LogP contribution is 2.30. The fourth-order valence-corrected chi connectivity index (χ4v) is 3.52. The molecule has 3 aliphatic rings. The highest BCUT2D eigenvalue weighted by atomic mass is 16.5. The van der Waals surface area contributed by atoms with Gasteiger partial charge in [0.15, 0.2) is 6.61 Å². The van der Waals surface area contributed by atoms with Crippen LogP contribution < -0.4 is 10.1 Å². The van der Waals surface area contributed by atoms with Crippen molar-refractivity contribution in [3.05, 3.63) is 23.8 Å². The summed E-state index contributed by atoms with van der Waals surface area (Å²) in [7, 11) is 0. The second-order valence-electron chi connectivity index (χ2n) is 7.16. The van der Waals surface area contributed by atoms with E-state index < -0.39 is 0 Å². The Morgan fingerprint density at radius 3 is 2.92 bits per heavy atom. The Morgan fingerprint density at radius 1 is 1.28 bits per heavy atom. The third kappa shape index (κ3) is 3.95. The van der Waals surface area contributed by atoms with Crippen LogP contribution in [-0.4, -0.2) is 49.1 Å². The number of nitrogens with one attached hydrogen (secondary N) is 1. The highest BCUT2D eigenvalue weighted by molar-refractivity contribution is 5.94. The average Bonchev–Trinajstić information content (AvgIpc) is 3.33. The van der Waals surface area contributed by atoms with Crippen LogP contribution in [-0.2, 0) is 20.7 Å². The van der Waals surface area contributed by atoms with Gasteiger partial charge in [-0.3, -0.25) is 9.59 Å². The van der Waals surface area contributed by atoms with Crippen LogP contribution in [0.3, 0.4) is 0 Å². The Labute approximate surface area is 147 Å². The first-order valence-corrected chi connectivity index (χ1v) is 9.12. The first-order valence-electron chi connectivity index (χ1n) is 9.12. The van der Waals surface area contributed by atoms with Gasteiger partial charge in [-0.05, 0) is 49.4 Å². The number of hydrogen-bond acceptors (Lipinski definition) is 4. The van der Waals surface area contributed by atoms with Gasteiger partial charge in [-0.15, -0.1) is 0 Å². The molecule has 6 nitrogen and oxygen atoms in total. The summed E-state index contributed by atoms with van der Waals surface area (Å²) in [5.41, 5.74) is 1.91. The van der Waals surface area contributed by atoms with Crippen LogP contribution in [0.1, 0.15) is 31.2 Å². The molecule has 0 bridgehead atoms. The number of amides is 2. The van der Waals surface area contributed by atoms with Crippen molar-refractivity contribution >= 4 is 17.5 Å². The number of anilines is 1. The molecule has 6 heteroatoms. The first kappa shape index (κ1) is 16.4. The Bertz CT molecular complexity index is 665. The lowest BCUT2D eigenvalue weighted by Crippen LogP contribution is -2.40. The van der Waals surface area contributed by atoms with Crippen LogP contribution in [0.2, 0.25) is 0 Å². The Morgan fingerprint density at radius 2 is 2.16 bits per heavy atom. The topological polar surface area (TPSA) is 67.9 Å². The quantitative estimate of drug-likeness (QED) is 0.857. The van der Waals surface area contributed by atoms with Crippen LogP contribution in [0, 0.1) is 5.92 Å². The molecule has 1 aromatic rings. The molecule has 1 atom stereocenters. The lowest BCUT2D eigenvalue weighted by Gasteiger charge is -2.25. The van der Waals surface area contributed by atoms with Gasteiger partial charge in [-0.1, -0.05) is 0 Å². The molecule has 1 aliphatic carbocycles.